The van der Waals surface area contributed by atoms with Crippen molar-refractivity contribution >= 4 is 44.4 Å². The maximum atomic E-state index is 13.1. The number of aryl methyl sites for hydroxylation is 2. The van der Waals surface area contributed by atoms with E-state index in [1.165, 1.54) is 15.8 Å². The first kappa shape index (κ1) is 20.8. The molecule has 3 aromatic rings. The number of carbonyl (C=O) groups excluding carboxylic acids is 1. The highest BCUT2D eigenvalue weighted by molar-refractivity contribution is 8.00. The van der Waals surface area contributed by atoms with Gasteiger partial charge in [0.1, 0.15) is 0 Å². The van der Waals surface area contributed by atoms with Gasteiger partial charge in [-0.05, 0) is 70.2 Å². The summed E-state index contributed by atoms with van der Waals surface area (Å²) in [5.74, 6) is 0.529. The van der Waals surface area contributed by atoms with E-state index in [9.17, 15) is 4.79 Å². The smallest absolute Gasteiger partial charge is 0.239 e. The predicted molar refractivity (Wildman–Crippen MR) is 122 cm³/mol. The van der Waals surface area contributed by atoms with Crippen LogP contribution in [0.25, 0.3) is 10.2 Å². The molecule has 4 nitrogen and oxygen atoms in total. The number of thioether (sulfide) groups is 1. The quantitative estimate of drug-likeness (QED) is 0.488. The van der Waals surface area contributed by atoms with Crippen LogP contribution in [0.3, 0.4) is 0 Å². The Hall–Kier alpha value is -1.89. The van der Waals surface area contributed by atoms with Gasteiger partial charge >= 0.3 is 0 Å². The van der Waals surface area contributed by atoms with Crippen molar-refractivity contribution in [1.29, 1.82) is 0 Å². The number of aromatic nitrogens is 1. The second-order valence-corrected chi connectivity index (χ2v) is 9.26. The van der Waals surface area contributed by atoms with Crippen molar-refractivity contribution in [3.63, 3.8) is 0 Å². The number of hydrogen-bond donors (Lipinski definition) is 0. The molecule has 6 heteroatoms. The van der Waals surface area contributed by atoms with Crippen LogP contribution >= 0.6 is 23.1 Å². The molecule has 28 heavy (non-hydrogen) atoms. The van der Waals surface area contributed by atoms with E-state index < -0.39 is 0 Å². The topological polar surface area (TPSA) is 36.4 Å². The molecule has 1 amide bonds. The number of carbonyl (C=O) groups is 1. The lowest BCUT2D eigenvalue weighted by Crippen LogP contribution is -2.34. The van der Waals surface area contributed by atoms with E-state index in [4.69, 9.17) is 4.98 Å². The largest absolute Gasteiger partial charge is 0.309 e. The summed E-state index contributed by atoms with van der Waals surface area (Å²) < 4.78 is 1.17. The maximum Gasteiger partial charge on any atom is 0.239 e. The van der Waals surface area contributed by atoms with Crippen LogP contribution in [0.2, 0.25) is 0 Å². The van der Waals surface area contributed by atoms with Crippen molar-refractivity contribution in [3.05, 3.63) is 53.6 Å². The van der Waals surface area contributed by atoms with E-state index >= 15 is 0 Å². The fourth-order valence-electron chi connectivity index (χ4n) is 3.09. The van der Waals surface area contributed by atoms with Crippen molar-refractivity contribution < 1.29 is 4.79 Å². The second-order valence-electron chi connectivity index (χ2n) is 7.23. The highest BCUT2D eigenvalue weighted by Crippen LogP contribution is 2.32. The lowest BCUT2D eigenvalue weighted by atomic mass is 10.1. The molecule has 2 aromatic carbocycles. The van der Waals surface area contributed by atoms with Gasteiger partial charge in [-0.15, -0.1) is 11.8 Å². The van der Waals surface area contributed by atoms with Crippen molar-refractivity contribution in [2.75, 3.05) is 37.8 Å². The number of amides is 1. The average molecular weight is 414 g/mol. The molecule has 0 bridgehead atoms. The Morgan fingerprint density at radius 2 is 1.86 bits per heavy atom. The molecule has 3 rings (SSSR count). The lowest BCUT2D eigenvalue weighted by Gasteiger charge is -2.21. The summed E-state index contributed by atoms with van der Waals surface area (Å²) in [6.45, 7) is 5.82. The molecule has 0 atom stereocenters. The van der Waals surface area contributed by atoms with E-state index in [1.54, 1.807) is 23.1 Å². The van der Waals surface area contributed by atoms with E-state index in [0.717, 1.165) is 28.5 Å². The summed E-state index contributed by atoms with van der Waals surface area (Å²) in [5, 5.41) is 0.807. The van der Waals surface area contributed by atoms with Crippen LogP contribution in [-0.4, -0.2) is 48.7 Å². The highest BCUT2D eigenvalue weighted by atomic mass is 32.2. The number of fused-ring (bicyclic) bond motifs is 1. The van der Waals surface area contributed by atoms with Gasteiger partial charge in [0.05, 0.1) is 16.0 Å². The van der Waals surface area contributed by atoms with E-state index in [-0.39, 0.29) is 5.91 Å². The van der Waals surface area contributed by atoms with Gasteiger partial charge in [-0.3, -0.25) is 9.69 Å². The monoisotopic (exact) mass is 413 g/mol. The van der Waals surface area contributed by atoms with Gasteiger partial charge in [0, 0.05) is 11.4 Å². The van der Waals surface area contributed by atoms with Crippen LogP contribution in [-0.2, 0) is 4.79 Å². The Morgan fingerprint density at radius 1 is 1.11 bits per heavy atom. The Balaban J connectivity index is 1.81. The number of benzene rings is 2. The highest BCUT2D eigenvalue weighted by Gasteiger charge is 2.20. The fraction of sp³-hybridized carbons (Fsp3) is 0.364. The first-order chi connectivity index (χ1) is 13.4. The van der Waals surface area contributed by atoms with Crippen molar-refractivity contribution in [2.24, 2.45) is 0 Å². The standard InChI is InChI=1S/C22H27N3OS2/c1-16-13-17(2)21-19(14-16)23-22(28-21)25(12-8-11-24(3)4)20(26)15-27-18-9-6-5-7-10-18/h5-7,9-10,13-14H,8,11-12,15H2,1-4H3. The number of rotatable bonds is 8. The molecule has 0 unspecified atom stereocenters. The Labute approximate surface area is 175 Å². The third-order valence-corrected chi connectivity index (χ3v) is 6.66. The molecule has 0 aliphatic heterocycles. The van der Waals surface area contributed by atoms with Crippen molar-refractivity contribution in [2.45, 2.75) is 25.2 Å². The second kappa shape index (κ2) is 9.54. The van der Waals surface area contributed by atoms with Crippen molar-refractivity contribution in [1.82, 2.24) is 9.88 Å². The molecule has 1 aromatic heterocycles. The summed E-state index contributed by atoms with van der Waals surface area (Å²) in [4.78, 5) is 23.0. The Morgan fingerprint density at radius 3 is 2.57 bits per heavy atom. The molecular formula is C22H27N3OS2. The van der Waals surface area contributed by atoms with Gasteiger partial charge < -0.3 is 4.90 Å². The maximum absolute atomic E-state index is 13.1. The molecule has 0 radical (unpaired) electrons. The molecular weight excluding hydrogens is 386 g/mol. The van der Waals surface area contributed by atoms with Gasteiger partial charge in [-0.1, -0.05) is 35.6 Å². The van der Waals surface area contributed by atoms with E-state index in [0.29, 0.717) is 12.3 Å². The molecule has 1 heterocycles. The third-order valence-electron chi connectivity index (χ3n) is 4.43. The first-order valence-electron chi connectivity index (χ1n) is 9.45. The summed E-state index contributed by atoms with van der Waals surface area (Å²) in [5.41, 5.74) is 3.41. The molecule has 0 aliphatic rings. The fourth-order valence-corrected chi connectivity index (χ4v) is 4.95. The summed E-state index contributed by atoms with van der Waals surface area (Å²) in [6, 6.07) is 14.3. The minimum atomic E-state index is 0.112. The Bertz CT molecular complexity index is 938. The van der Waals surface area contributed by atoms with Gasteiger partial charge in [-0.25, -0.2) is 4.98 Å². The van der Waals surface area contributed by atoms with Gasteiger partial charge in [0.25, 0.3) is 0 Å². The van der Waals surface area contributed by atoms with Gasteiger partial charge in [-0.2, -0.15) is 0 Å². The predicted octanol–water partition coefficient (Wildman–Crippen LogP) is 4.99. The normalized spacial score (nSPS) is 11.3. The third kappa shape index (κ3) is 5.34. The first-order valence-corrected chi connectivity index (χ1v) is 11.2. The van der Waals surface area contributed by atoms with Crippen molar-refractivity contribution in [3.8, 4) is 0 Å². The summed E-state index contributed by atoms with van der Waals surface area (Å²) in [7, 11) is 4.11. The zero-order valence-corrected chi connectivity index (χ0v) is 18.6. The molecule has 0 saturated carbocycles. The molecule has 148 valence electrons. The zero-order valence-electron chi connectivity index (χ0n) is 16.9. The molecule has 0 fully saturated rings. The molecule has 0 saturated heterocycles. The van der Waals surface area contributed by atoms with Crippen LogP contribution < -0.4 is 4.90 Å². The zero-order chi connectivity index (χ0) is 20.1. The molecule has 0 N–H and O–H groups in total. The van der Waals surface area contributed by atoms with E-state index in [2.05, 4.69) is 45.0 Å². The average Bonchev–Trinajstić information content (AvgIpc) is 3.08. The number of anilines is 1. The number of nitrogens with zero attached hydrogens (tertiary/aromatic N) is 3. The van der Waals surface area contributed by atoms with Crippen LogP contribution in [0.4, 0.5) is 5.13 Å². The number of hydrogen-bond acceptors (Lipinski definition) is 5. The number of thiazole rings is 1. The van der Waals surface area contributed by atoms with Crippen LogP contribution in [0.15, 0.2) is 47.4 Å². The Kier molecular flexibility index (Phi) is 7.10. The molecule has 0 spiro atoms. The van der Waals surface area contributed by atoms with Gasteiger partial charge in [0.15, 0.2) is 5.13 Å². The minimum absolute atomic E-state index is 0.112. The van der Waals surface area contributed by atoms with Crippen LogP contribution in [0.5, 0.6) is 0 Å². The minimum Gasteiger partial charge on any atom is -0.309 e. The lowest BCUT2D eigenvalue weighted by molar-refractivity contribution is -0.116. The molecule has 0 aliphatic carbocycles. The van der Waals surface area contributed by atoms with Gasteiger partial charge in [0.2, 0.25) is 5.91 Å². The summed E-state index contributed by atoms with van der Waals surface area (Å²) >= 11 is 3.20. The van der Waals surface area contributed by atoms with Crippen LogP contribution in [0, 0.1) is 13.8 Å². The van der Waals surface area contributed by atoms with Crippen LogP contribution in [0.1, 0.15) is 17.5 Å². The SMILES string of the molecule is Cc1cc(C)c2sc(N(CCCN(C)C)C(=O)CSc3ccccc3)nc2c1. The van der Waals surface area contributed by atoms with E-state index in [1.807, 2.05) is 35.2 Å². The summed E-state index contributed by atoms with van der Waals surface area (Å²) in [6.07, 6.45) is 0.919.